The largest absolute Gasteiger partial charge is 0.478 e. The van der Waals surface area contributed by atoms with Gasteiger partial charge in [0, 0.05) is 24.5 Å². The second kappa shape index (κ2) is 6.00. The van der Waals surface area contributed by atoms with E-state index in [9.17, 15) is 14.9 Å². The second-order valence-corrected chi connectivity index (χ2v) is 4.42. The number of benzene rings is 1. The fourth-order valence-corrected chi connectivity index (χ4v) is 1.85. The molecule has 0 bridgehead atoms. The summed E-state index contributed by atoms with van der Waals surface area (Å²) in [5, 5.41) is 23.0. The van der Waals surface area contributed by atoms with E-state index in [2.05, 4.69) is 10.3 Å². The summed E-state index contributed by atoms with van der Waals surface area (Å²) in [6.45, 7) is 2.10. The highest BCUT2D eigenvalue weighted by atomic mass is 16.6. The number of nitrogens with zero attached hydrogens (tertiary/aromatic N) is 2. The zero-order valence-electron chi connectivity index (χ0n) is 11.2. The van der Waals surface area contributed by atoms with Crippen LogP contribution >= 0.6 is 0 Å². The Morgan fingerprint density at radius 1 is 1.38 bits per heavy atom. The molecular weight excluding hydrogens is 274 g/mol. The minimum atomic E-state index is -1.22. The van der Waals surface area contributed by atoms with Gasteiger partial charge in [0.15, 0.2) is 0 Å². The number of aromatic carboxylic acids is 1. The van der Waals surface area contributed by atoms with Gasteiger partial charge in [0.2, 0.25) is 0 Å². The zero-order valence-corrected chi connectivity index (χ0v) is 11.2. The molecule has 7 nitrogen and oxygen atoms in total. The van der Waals surface area contributed by atoms with E-state index in [1.807, 2.05) is 19.1 Å². The second-order valence-electron chi connectivity index (χ2n) is 4.42. The van der Waals surface area contributed by atoms with E-state index in [0.717, 1.165) is 11.3 Å². The molecule has 1 heterocycles. The highest BCUT2D eigenvalue weighted by Crippen LogP contribution is 2.28. The van der Waals surface area contributed by atoms with Crippen molar-refractivity contribution in [1.29, 1.82) is 0 Å². The zero-order chi connectivity index (χ0) is 15.4. The number of hydrogen-bond donors (Lipinski definition) is 2. The summed E-state index contributed by atoms with van der Waals surface area (Å²) in [6.07, 6.45) is 1.64. The highest BCUT2D eigenvalue weighted by Gasteiger charge is 2.20. The van der Waals surface area contributed by atoms with Gasteiger partial charge in [0.1, 0.15) is 5.69 Å². The van der Waals surface area contributed by atoms with Crippen molar-refractivity contribution in [3.05, 3.63) is 63.5 Å². The molecule has 2 N–H and O–H groups in total. The molecule has 2 rings (SSSR count). The van der Waals surface area contributed by atoms with Gasteiger partial charge in [-0.2, -0.15) is 0 Å². The molecule has 21 heavy (non-hydrogen) atoms. The van der Waals surface area contributed by atoms with E-state index in [1.54, 1.807) is 6.20 Å². The Balaban J connectivity index is 2.31. The molecule has 0 unspecified atom stereocenters. The van der Waals surface area contributed by atoms with Crippen LogP contribution in [0.3, 0.4) is 0 Å². The van der Waals surface area contributed by atoms with Crippen molar-refractivity contribution in [1.82, 2.24) is 4.98 Å². The molecule has 108 valence electrons. The van der Waals surface area contributed by atoms with Gasteiger partial charge in [-0.15, -0.1) is 0 Å². The molecule has 0 saturated carbocycles. The van der Waals surface area contributed by atoms with Crippen molar-refractivity contribution >= 4 is 17.3 Å². The number of carboxylic acid groups (broad SMARTS) is 1. The number of aryl methyl sites for hydroxylation is 1. The third kappa shape index (κ3) is 3.33. The van der Waals surface area contributed by atoms with E-state index in [0.29, 0.717) is 0 Å². The number of anilines is 1. The lowest BCUT2D eigenvalue weighted by Gasteiger charge is -2.10. The number of carbonyl (C=O) groups is 1. The Kier molecular flexibility index (Phi) is 4.13. The van der Waals surface area contributed by atoms with E-state index < -0.39 is 10.9 Å². The van der Waals surface area contributed by atoms with Gasteiger partial charge >= 0.3 is 5.97 Å². The summed E-state index contributed by atoms with van der Waals surface area (Å²) < 4.78 is 0. The summed E-state index contributed by atoms with van der Waals surface area (Å²) in [7, 11) is 0. The number of nitro benzene ring substituents is 1. The first kappa shape index (κ1) is 14.4. The van der Waals surface area contributed by atoms with Crippen molar-refractivity contribution in [2.45, 2.75) is 13.5 Å². The van der Waals surface area contributed by atoms with E-state index in [-0.39, 0.29) is 23.5 Å². The molecule has 0 fully saturated rings. The average Bonchev–Trinajstić information content (AvgIpc) is 2.46. The van der Waals surface area contributed by atoms with Gasteiger partial charge in [0.05, 0.1) is 10.5 Å². The molecule has 0 aliphatic rings. The fourth-order valence-electron chi connectivity index (χ4n) is 1.85. The monoisotopic (exact) mass is 287 g/mol. The van der Waals surface area contributed by atoms with Crippen LogP contribution in [-0.4, -0.2) is 21.0 Å². The highest BCUT2D eigenvalue weighted by molar-refractivity contribution is 5.96. The Bertz CT molecular complexity index is 651. The normalized spacial score (nSPS) is 10.1. The van der Waals surface area contributed by atoms with Crippen LogP contribution in [0, 0.1) is 17.0 Å². The van der Waals surface area contributed by atoms with Crippen LogP contribution in [0.2, 0.25) is 0 Å². The molecule has 2 aromatic rings. The lowest BCUT2D eigenvalue weighted by molar-refractivity contribution is -0.384. The fraction of sp³-hybridized carbons (Fsp3) is 0.143. The maximum absolute atomic E-state index is 11.2. The van der Waals surface area contributed by atoms with E-state index in [4.69, 9.17) is 5.11 Å². The summed E-state index contributed by atoms with van der Waals surface area (Å²) in [5.74, 6) is -1.22. The number of hydrogen-bond acceptors (Lipinski definition) is 5. The van der Waals surface area contributed by atoms with E-state index >= 15 is 0 Å². The van der Waals surface area contributed by atoms with Crippen molar-refractivity contribution < 1.29 is 14.8 Å². The van der Waals surface area contributed by atoms with Crippen LogP contribution in [0.5, 0.6) is 0 Å². The number of nitrogens with one attached hydrogen (secondary N) is 1. The molecular formula is C14H13N3O4. The van der Waals surface area contributed by atoms with Crippen LogP contribution in [0.25, 0.3) is 0 Å². The van der Waals surface area contributed by atoms with Gasteiger partial charge in [0.25, 0.3) is 5.69 Å². The number of nitro groups is 1. The molecule has 0 saturated heterocycles. The number of rotatable bonds is 5. The maximum atomic E-state index is 11.2. The van der Waals surface area contributed by atoms with Crippen LogP contribution in [0.4, 0.5) is 11.4 Å². The molecule has 0 amide bonds. The molecule has 0 spiro atoms. The lowest BCUT2D eigenvalue weighted by Crippen LogP contribution is -2.09. The van der Waals surface area contributed by atoms with Crippen LogP contribution in [0.1, 0.15) is 21.6 Å². The lowest BCUT2D eigenvalue weighted by atomic mass is 10.1. The van der Waals surface area contributed by atoms with Crippen LogP contribution < -0.4 is 5.32 Å². The van der Waals surface area contributed by atoms with Crippen molar-refractivity contribution in [3.63, 3.8) is 0 Å². The van der Waals surface area contributed by atoms with E-state index in [1.165, 1.54) is 18.2 Å². The topological polar surface area (TPSA) is 105 Å². The summed E-state index contributed by atoms with van der Waals surface area (Å²) in [4.78, 5) is 25.7. The maximum Gasteiger partial charge on any atom is 0.338 e. The summed E-state index contributed by atoms with van der Waals surface area (Å²) in [6, 6.07) is 7.58. The first-order chi connectivity index (χ1) is 9.99. The molecule has 1 aromatic carbocycles. The van der Waals surface area contributed by atoms with Crippen molar-refractivity contribution in [2.75, 3.05) is 5.32 Å². The predicted molar refractivity (Wildman–Crippen MR) is 76.4 cm³/mol. The number of pyridine rings is 1. The van der Waals surface area contributed by atoms with Crippen LogP contribution in [-0.2, 0) is 6.54 Å². The third-order valence-electron chi connectivity index (χ3n) is 2.91. The summed E-state index contributed by atoms with van der Waals surface area (Å²) in [5.41, 5.74) is 1.25. The predicted octanol–water partition coefficient (Wildman–Crippen LogP) is 2.61. The smallest absolute Gasteiger partial charge is 0.338 e. The van der Waals surface area contributed by atoms with Gasteiger partial charge in [-0.3, -0.25) is 15.1 Å². The van der Waals surface area contributed by atoms with Gasteiger partial charge in [-0.25, -0.2) is 4.79 Å². The Morgan fingerprint density at radius 3 is 2.71 bits per heavy atom. The van der Waals surface area contributed by atoms with Gasteiger partial charge < -0.3 is 10.4 Å². The molecule has 0 aliphatic carbocycles. The molecule has 1 aromatic heterocycles. The Morgan fingerprint density at radius 2 is 2.14 bits per heavy atom. The number of para-hydroxylation sites is 1. The SMILES string of the molecule is Cc1ccc(CNc2c(C(=O)O)cccc2[N+](=O)[O-])cn1. The van der Waals surface area contributed by atoms with Crippen LogP contribution in [0.15, 0.2) is 36.5 Å². The Labute approximate surface area is 120 Å². The quantitative estimate of drug-likeness (QED) is 0.646. The summed E-state index contributed by atoms with van der Waals surface area (Å²) >= 11 is 0. The average molecular weight is 287 g/mol. The van der Waals surface area contributed by atoms with Crippen molar-refractivity contribution in [2.24, 2.45) is 0 Å². The van der Waals surface area contributed by atoms with Gasteiger partial charge in [-0.05, 0) is 24.6 Å². The van der Waals surface area contributed by atoms with Crippen molar-refractivity contribution in [3.8, 4) is 0 Å². The minimum Gasteiger partial charge on any atom is -0.478 e. The van der Waals surface area contributed by atoms with Gasteiger partial charge in [-0.1, -0.05) is 12.1 Å². The Hall–Kier alpha value is -2.96. The third-order valence-corrected chi connectivity index (χ3v) is 2.91. The molecule has 0 radical (unpaired) electrons. The first-order valence-corrected chi connectivity index (χ1v) is 6.15. The minimum absolute atomic E-state index is 0.00410. The standard InChI is InChI=1S/C14H13N3O4/c1-9-5-6-10(7-15-9)8-16-13-11(14(18)19)3-2-4-12(13)17(20)21/h2-7,16H,8H2,1H3,(H,18,19). The number of carboxylic acids is 1. The number of aromatic nitrogens is 1. The molecule has 0 atom stereocenters. The molecule has 7 heteroatoms. The first-order valence-electron chi connectivity index (χ1n) is 6.15. The molecule has 0 aliphatic heterocycles.